The van der Waals surface area contributed by atoms with Gasteiger partial charge >= 0.3 is 6.09 Å². The number of hydrogen-bond donors (Lipinski definition) is 1. The summed E-state index contributed by atoms with van der Waals surface area (Å²) in [7, 11) is 0. The van der Waals surface area contributed by atoms with Gasteiger partial charge in [0, 0.05) is 0 Å². The second-order valence-corrected chi connectivity index (χ2v) is 7.23. The molecule has 0 radical (unpaired) electrons. The Kier molecular flexibility index (Phi) is 3.54. The zero-order chi connectivity index (χ0) is 14.4. The predicted molar refractivity (Wildman–Crippen MR) is 70.3 cm³/mol. The molecule has 1 fully saturated rings. The molecule has 0 bridgehead atoms. The summed E-state index contributed by atoms with van der Waals surface area (Å²) in [5.41, 5.74) is -0.451. The zero-order valence-corrected chi connectivity index (χ0v) is 12.5. The topological polar surface area (TPSA) is 55.4 Å². The van der Waals surface area contributed by atoms with E-state index in [1.807, 2.05) is 0 Å². The molecular weight excluding hydrogens is 230 g/mol. The van der Waals surface area contributed by atoms with Gasteiger partial charge in [0.05, 0.1) is 6.04 Å². The number of rotatable bonds is 3. The predicted octanol–water partition coefficient (Wildman–Crippen LogP) is 2.76. The highest BCUT2D eigenvalue weighted by Gasteiger charge is 2.67. The summed E-state index contributed by atoms with van der Waals surface area (Å²) in [6.45, 7) is 13.9. The van der Waals surface area contributed by atoms with Crippen LogP contribution in [0.5, 0.6) is 0 Å². The lowest BCUT2D eigenvalue weighted by molar-refractivity contribution is -0.110. The molecule has 0 aromatic carbocycles. The van der Waals surface area contributed by atoms with Gasteiger partial charge in [0.25, 0.3) is 0 Å². The first-order valence-electron chi connectivity index (χ1n) is 6.38. The quantitative estimate of drug-likeness (QED) is 0.789. The van der Waals surface area contributed by atoms with Gasteiger partial charge in [-0.1, -0.05) is 27.7 Å². The van der Waals surface area contributed by atoms with E-state index in [9.17, 15) is 9.59 Å². The van der Waals surface area contributed by atoms with Gasteiger partial charge in [-0.15, -0.1) is 0 Å². The van der Waals surface area contributed by atoms with Crippen LogP contribution >= 0.6 is 0 Å². The van der Waals surface area contributed by atoms with Gasteiger partial charge < -0.3 is 14.8 Å². The van der Waals surface area contributed by atoms with Crippen LogP contribution in [0, 0.1) is 16.7 Å². The van der Waals surface area contributed by atoms with E-state index in [2.05, 4.69) is 33.0 Å². The Morgan fingerprint density at radius 2 is 1.67 bits per heavy atom. The average Bonchev–Trinajstić information content (AvgIpc) is 2.51. The number of ether oxygens (including phenoxy) is 1. The zero-order valence-electron chi connectivity index (χ0n) is 12.5. The number of alkyl carbamates (subject to hydrolysis) is 1. The first-order valence-corrected chi connectivity index (χ1v) is 6.38. The Morgan fingerprint density at radius 1 is 1.22 bits per heavy atom. The van der Waals surface area contributed by atoms with E-state index in [0.29, 0.717) is 0 Å². The monoisotopic (exact) mass is 255 g/mol. The summed E-state index contributed by atoms with van der Waals surface area (Å²) in [6.07, 6.45) is 0.281. The highest BCUT2D eigenvalue weighted by atomic mass is 16.6. The summed E-state index contributed by atoms with van der Waals surface area (Å²) in [6, 6.07) is -0.482. The molecule has 1 rings (SSSR count). The highest BCUT2D eigenvalue weighted by Crippen LogP contribution is 2.69. The van der Waals surface area contributed by atoms with Crippen LogP contribution in [0.3, 0.4) is 0 Å². The SMILES string of the molecule is CC(C)(C)OC(=O)NC(C=O)C1C(C)(C)C1(C)C. The molecule has 1 aliphatic carbocycles. The molecule has 0 saturated heterocycles. The van der Waals surface area contributed by atoms with Crippen LogP contribution in [0.4, 0.5) is 4.79 Å². The number of amides is 1. The summed E-state index contributed by atoms with van der Waals surface area (Å²) in [4.78, 5) is 22.9. The van der Waals surface area contributed by atoms with E-state index in [0.717, 1.165) is 6.29 Å². The molecule has 104 valence electrons. The van der Waals surface area contributed by atoms with Crippen molar-refractivity contribution in [3.05, 3.63) is 0 Å². The van der Waals surface area contributed by atoms with Crippen molar-refractivity contribution < 1.29 is 14.3 Å². The number of carbonyl (C=O) groups is 2. The normalized spacial score (nSPS) is 23.1. The number of hydrogen-bond acceptors (Lipinski definition) is 3. The Morgan fingerprint density at radius 3 is 1.94 bits per heavy atom. The molecular formula is C14H25NO3. The fraction of sp³-hybridized carbons (Fsp3) is 0.857. The number of nitrogens with one attached hydrogen (secondary N) is 1. The fourth-order valence-electron chi connectivity index (χ4n) is 2.78. The maximum atomic E-state index is 11.7. The van der Waals surface area contributed by atoms with Gasteiger partial charge in [-0.3, -0.25) is 0 Å². The standard InChI is InChI=1S/C14H25NO3/c1-12(2,3)18-11(17)15-9(8-16)10-13(4,5)14(10,6)7/h8-10H,1-7H3,(H,15,17). The molecule has 0 heterocycles. The van der Waals surface area contributed by atoms with Gasteiger partial charge in [-0.05, 0) is 37.5 Å². The molecule has 4 nitrogen and oxygen atoms in total. The summed E-state index contributed by atoms with van der Waals surface area (Å²) >= 11 is 0. The molecule has 1 unspecified atom stereocenters. The number of aldehydes is 1. The van der Waals surface area contributed by atoms with Crippen LogP contribution in [0.15, 0.2) is 0 Å². The lowest BCUT2D eigenvalue weighted by Gasteiger charge is -2.22. The Bertz CT molecular complexity index is 339. The van der Waals surface area contributed by atoms with Crippen LogP contribution in [0.25, 0.3) is 0 Å². The molecule has 1 aliphatic rings. The molecule has 18 heavy (non-hydrogen) atoms. The number of carbonyl (C=O) groups excluding carboxylic acids is 2. The lowest BCUT2D eigenvalue weighted by Crippen LogP contribution is -2.42. The van der Waals surface area contributed by atoms with Crippen molar-refractivity contribution in [2.24, 2.45) is 16.7 Å². The van der Waals surface area contributed by atoms with Crippen molar-refractivity contribution in [1.82, 2.24) is 5.32 Å². The molecule has 0 spiro atoms. The maximum absolute atomic E-state index is 11.7. The van der Waals surface area contributed by atoms with Crippen LogP contribution in [0.2, 0.25) is 0 Å². The van der Waals surface area contributed by atoms with Crippen molar-refractivity contribution in [3.63, 3.8) is 0 Å². The smallest absolute Gasteiger partial charge is 0.408 e. The van der Waals surface area contributed by atoms with Gasteiger partial charge in [-0.25, -0.2) is 4.79 Å². The van der Waals surface area contributed by atoms with Crippen LogP contribution in [-0.2, 0) is 9.53 Å². The van der Waals surface area contributed by atoms with E-state index in [1.165, 1.54) is 0 Å². The third-order valence-electron chi connectivity index (χ3n) is 4.32. The van der Waals surface area contributed by atoms with Crippen molar-refractivity contribution in [3.8, 4) is 0 Å². The van der Waals surface area contributed by atoms with E-state index in [4.69, 9.17) is 4.74 Å². The summed E-state index contributed by atoms with van der Waals surface area (Å²) < 4.78 is 5.18. The molecule has 1 amide bonds. The van der Waals surface area contributed by atoms with Crippen molar-refractivity contribution >= 4 is 12.4 Å². The molecule has 0 aromatic rings. The molecule has 0 aromatic heterocycles. The molecule has 1 atom stereocenters. The van der Waals surface area contributed by atoms with E-state index >= 15 is 0 Å². The van der Waals surface area contributed by atoms with Gasteiger partial charge in [0.15, 0.2) is 0 Å². The summed E-state index contributed by atoms with van der Waals surface area (Å²) in [5.74, 6) is 0.148. The largest absolute Gasteiger partial charge is 0.444 e. The minimum Gasteiger partial charge on any atom is -0.444 e. The Labute approximate surface area is 109 Å². The van der Waals surface area contributed by atoms with Crippen LogP contribution < -0.4 is 5.32 Å². The van der Waals surface area contributed by atoms with E-state index < -0.39 is 17.7 Å². The van der Waals surface area contributed by atoms with Gasteiger partial charge in [0.1, 0.15) is 11.9 Å². The molecule has 1 N–H and O–H groups in total. The Balaban J connectivity index is 2.66. The minimum atomic E-state index is -0.549. The fourth-order valence-corrected chi connectivity index (χ4v) is 2.78. The first kappa shape index (κ1) is 15.0. The summed E-state index contributed by atoms with van der Waals surface area (Å²) in [5, 5.41) is 2.67. The van der Waals surface area contributed by atoms with Gasteiger partial charge in [-0.2, -0.15) is 0 Å². The lowest BCUT2D eigenvalue weighted by atomic mass is 10.0. The highest BCUT2D eigenvalue weighted by molar-refractivity contribution is 5.74. The minimum absolute atomic E-state index is 0.0492. The van der Waals surface area contributed by atoms with E-state index in [-0.39, 0.29) is 16.7 Å². The molecule has 0 aliphatic heterocycles. The van der Waals surface area contributed by atoms with Gasteiger partial charge in [0.2, 0.25) is 0 Å². The second-order valence-electron chi connectivity index (χ2n) is 7.23. The second kappa shape index (κ2) is 4.25. The molecule has 4 heteroatoms. The maximum Gasteiger partial charge on any atom is 0.408 e. The molecule has 1 saturated carbocycles. The third-order valence-corrected chi connectivity index (χ3v) is 4.32. The van der Waals surface area contributed by atoms with Crippen LogP contribution in [0.1, 0.15) is 48.5 Å². The first-order chi connectivity index (χ1) is 7.93. The van der Waals surface area contributed by atoms with Crippen LogP contribution in [-0.4, -0.2) is 24.0 Å². The average molecular weight is 255 g/mol. The van der Waals surface area contributed by atoms with Crippen molar-refractivity contribution in [2.45, 2.75) is 60.1 Å². The van der Waals surface area contributed by atoms with Crippen molar-refractivity contribution in [1.29, 1.82) is 0 Å². The van der Waals surface area contributed by atoms with Crippen molar-refractivity contribution in [2.75, 3.05) is 0 Å². The third kappa shape index (κ3) is 2.68. The Hall–Kier alpha value is -1.06. The van der Waals surface area contributed by atoms with E-state index in [1.54, 1.807) is 20.8 Å².